The predicted octanol–water partition coefficient (Wildman–Crippen LogP) is 2.67. The maximum absolute atomic E-state index is 10.3. The maximum atomic E-state index is 10.3. The Labute approximate surface area is 116 Å². The van der Waals surface area contributed by atoms with Crippen molar-refractivity contribution >= 4 is 5.69 Å². The second-order valence-corrected chi connectivity index (χ2v) is 6.76. The highest BCUT2D eigenvalue weighted by molar-refractivity contribution is 5.47. The zero-order valence-electron chi connectivity index (χ0n) is 12.3. The molecule has 1 aromatic rings. The lowest BCUT2D eigenvalue weighted by molar-refractivity contribution is 0.119. The van der Waals surface area contributed by atoms with Crippen LogP contribution in [0.4, 0.5) is 5.69 Å². The van der Waals surface area contributed by atoms with Crippen LogP contribution in [0.15, 0.2) is 24.3 Å². The molecule has 1 aromatic carbocycles. The predicted molar refractivity (Wildman–Crippen MR) is 79.8 cm³/mol. The number of β-amino-alcohol motifs (C(OH)–C–C–N with tert-alkyl or cyclic N) is 1. The van der Waals surface area contributed by atoms with Gasteiger partial charge in [0.25, 0.3) is 0 Å². The third kappa shape index (κ3) is 3.48. The van der Waals surface area contributed by atoms with Gasteiger partial charge in [-0.25, -0.2) is 0 Å². The lowest BCUT2D eigenvalue weighted by atomic mass is 9.80. The number of aliphatic hydroxyl groups is 1. The number of benzene rings is 1. The molecule has 0 aliphatic carbocycles. The molecule has 3 N–H and O–H groups in total. The van der Waals surface area contributed by atoms with Crippen LogP contribution in [0.25, 0.3) is 0 Å². The van der Waals surface area contributed by atoms with E-state index in [4.69, 9.17) is 5.73 Å². The van der Waals surface area contributed by atoms with Crippen LogP contribution in [0.5, 0.6) is 0 Å². The first kappa shape index (κ1) is 14.4. The van der Waals surface area contributed by atoms with E-state index in [-0.39, 0.29) is 0 Å². The number of hydrogen-bond acceptors (Lipinski definition) is 3. The SMILES string of the molecule is CC(C)(C)C1CCN(CC(O)c2ccccc2N)C1. The summed E-state index contributed by atoms with van der Waals surface area (Å²) in [5.74, 6) is 0.716. The second-order valence-electron chi connectivity index (χ2n) is 6.76. The summed E-state index contributed by atoms with van der Waals surface area (Å²) in [6.07, 6.45) is 0.737. The lowest BCUT2D eigenvalue weighted by Crippen LogP contribution is -2.29. The monoisotopic (exact) mass is 262 g/mol. The van der Waals surface area contributed by atoms with Crippen LogP contribution in [-0.4, -0.2) is 29.6 Å². The maximum Gasteiger partial charge on any atom is 0.0936 e. The molecule has 0 bridgehead atoms. The lowest BCUT2D eigenvalue weighted by Gasteiger charge is -2.27. The van der Waals surface area contributed by atoms with Crippen molar-refractivity contribution in [3.05, 3.63) is 29.8 Å². The normalized spacial score (nSPS) is 22.6. The van der Waals surface area contributed by atoms with Gasteiger partial charge in [0.15, 0.2) is 0 Å². The Morgan fingerprint density at radius 3 is 2.63 bits per heavy atom. The molecule has 1 aliphatic rings. The van der Waals surface area contributed by atoms with E-state index < -0.39 is 6.10 Å². The van der Waals surface area contributed by atoms with Crippen molar-refractivity contribution in [2.45, 2.75) is 33.3 Å². The highest BCUT2D eigenvalue weighted by atomic mass is 16.3. The van der Waals surface area contributed by atoms with Gasteiger partial charge in [-0.2, -0.15) is 0 Å². The number of anilines is 1. The molecule has 0 spiro atoms. The zero-order chi connectivity index (χ0) is 14.0. The molecule has 0 amide bonds. The quantitative estimate of drug-likeness (QED) is 0.823. The van der Waals surface area contributed by atoms with Gasteiger partial charge in [-0.05, 0) is 30.4 Å². The standard InChI is InChI=1S/C16H26N2O/c1-16(2,3)12-8-9-18(10-12)11-15(19)13-6-4-5-7-14(13)17/h4-7,12,15,19H,8-11,17H2,1-3H3. The van der Waals surface area contributed by atoms with Gasteiger partial charge >= 0.3 is 0 Å². The minimum atomic E-state index is -0.486. The van der Waals surface area contributed by atoms with Gasteiger partial charge in [0.1, 0.15) is 0 Å². The van der Waals surface area contributed by atoms with E-state index in [0.29, 0.717) is 23.6 Å². The van der Waals surface area contributed by atoms with Crippen LogP contribution in [0.1, 0.15) is 38.9 Å². The van der Waals surface area contributed by atoms with Crippen molar-refractivity contribution in [2.24, 2.45) is 11.3 Å². The van der Waals surface area contributed by atoms with Gasteiger partial charge in [0, 0.05) is 24.3 Å². The highest BCUT2D eigenvalue weighted by Gasteiger charge is 2.32. The first-order chi connectivity index (χ1) is 8.88. The number of nitrogens with zero attached hydrogens (tertiary/aromatic N) is 1. The topological polar surface area (TPSA) is 49.5 Å². The molecule has 1 aliphatic heterocycles. The minimum Gasteiger partial charge on any atom is -0.398 e. The summed E-state index contributed by atoms with van der Waals surface area (Å²) in [6, 6.07) is 7.59. The van der Waals surface area contributed by atoms with Gasteiger partial charge in [0.2, 0.25) is 0 Å². The number of hydrogen-bond donors (Lipinski definition) is 2. The molecule has 1 fully saturated rings. The Hall–Kier alpha value is -1.06. The Bertz CT molecular complexity index is 425. The fourth-order valence-electron chi connectivity index (χ4n) is 2.86. The van der Waals surface area contributed by atoms with Crippen molar-refractivity contribution in [1.29, 1.82) is 0 Å². The van der Waals surface area contributed by atoms with Gasteiger partial charge in [-0.1, -0.05) is 39.0 Å². The molecular formula is C16H26N2O. The molecule has 3 heteroatoms. The number of aliphatic hydroxyl groups excluding tert-OH is 1. The molecule has 0 aromatic heterocycles. The summed E-state index contributed by atoms with van der Waals surface area (Å²) < 4.78 is 0. The van der Waals surface area contributed by atoms with E-state index in [1.165, 1.54) is 6.42 Å². The number of likely N-dealkylation sites (tertiary alicyclic amines) is 1. The fraction of sp³-hybridized carbons (Fsp3) is 0.625. The van der Waals surface area contributed by atoms with E-state index >= 15 is 0 Å². The molecule has 3 nitrogen and oxygen atoms in total. The number of rotatable bonds is 3. The van der Waals surface area contributed by atoms with Crippen LogP contribution < -0.4 is 5.73 Å². The van der Waals surface area contributed by atoms with Gasteiger partial charge in [0.05, 0.1) is 6.10 Å². The van der Waals surface area contributed by atoms with E-state index in [1.54, 1.807) is 0 Å². The van der Waals surface area contributed by atoms with Gasteiger partial charge in [-0.15, -0.1) is 0 Å². The average molecular weight is 262 g/mol. The van der Waals surface area contributed by atoms with Crippen LogP contribution in [0, 0.1) is 11.3 Å². The summed E-state index contributed by atoms with van der Waals surface area (Å²) in [5.41, 5.74) is 7.80. The van der Waals surface area contributed by atoms with Gasteiger partial charge in [-0.3, -0.25) is 0 Å². The molecule has 19 heavy (non-hydrogen) atoms. The van der Waals surface area contributed by atoms with Crippen molar-refractivity contribution in [3.8, 4) is 0 Å². The van der Waals surface area contributed by atoms with E-state index in [0.717, 1.165) is 18.7 Å². The molecule has 2 atom stereocenters. The van der Waals surface area contributed by atoms with Crippen molar-refractivity contribution in [3.63, 3.8) is 0 Å². The molecule has 2 rings (SSSR count). The first-order valence-corrected chi connectivity index (χ1v) is 7.13. The van der Waals surface area contributed by atoms with Crippen LogP contribution in [0.2, 0.25) is 0 Å². The number of para-hydroxylation sites is 1. The van der Waals surface area contributed by atoms with Crippen molar-refractivity contribution < 1.29 is 5.11 Å². The Kier molecular flexibility index (Phi) is 4.16. The summed E-state index contributed by atoms with van der Waals surface area (Å²) in [7, 11) is 0. The number of nitrogens with two attached hydrogens (primary N) is 1. The summed E-state index contributed by atoms with van der Waals surface area (Å²) >= 11 is 0. The van der Waals surface area contributed by atoms with E-state index in [1.807, 2.05) is 24.3 Å². The molecule has 0 saturated carbocycles. The summed E-state index contributed by atoms with van der Waals surface area (Å²) in [4.78, 5) is 2.35. The van der Waals surface area contributed by atoms with Crippen molar-refractivity contribution in [1.82, 2.24) is 4.90 Å². The Balaban J connectivity index is 1.94. The minimum absolute atomic E-state index is 0.353. The fourth-order valence-corrected chi connectivity index (χ4v) is 2.86. The largest absolute Gasteiger partial charge is 0.398 e. The molecular weight excluding hydrogens is 236 g/mol. The highest BCUT2D eigenvalue weighted by Crippen LogP contribution is 2.34. The van der Waals surface area contributed by atoms with Crippen LogP contribution in [0.3, 0.4) is 0 Å². The van der Waals surface area contributed by atoms with E-state index in [2.05, 4.69) is 25.7 Å². The Morgan fingerprint density at radius 1 is 1.37 bits per heavy atom. The average Bonchev–Trinajstić information content (AvgIpc) is 2.77. The molecule has 1 heterocycles. The van der Waals surface area contributed by atoms with Gasteiger partial charge < -0.3 is 15.7 Å². The number of nitrogen functional groups attached to an aromatic ring is 1. The third-order valence-corrected chi connectivity index (χ3v) is 4.28. The molecule has 1 saturated heterocycles. The Morgan fingerprint density at radius 2 is 2.05 bits per heavy atom. The van der Waals surface area contributed by atoms with Crippen LogP contribution in [-0.2, 0) is 0 Å². The second kappa shape index (κ2) is 5.51. The molecule has 0 radical (unpaired) electrons. The van der Waals surface area contributed by atoms with Crippen molar-refractivity contribution in [2.75, 3.05) is 25.4 Å². The summed E-state index contributed by atoms with van der Waals surface area (Å²) in [6.45, 7) is 9.73. The summed E-state index contributed by atoms with van der Waals surface area (Å²) in [5, 5.41) is 10.3. The smallest absolute Gasteiger partial charge is 0.0936 e. The van der Waals surface area contributed by atoms with E-state index in [9.17, 15) is 5.11 Å². The molecule has 2 unspecified atom stereocenters. The van der Waals surface area contributed by atoms with Crippen LogP contribution >= 0.6 is 0 Å². The zero-order valence-corrected chi connectivity index (χ0v) is 12.3. The third-order valence-electron chi connectivity index (χ3n) is 4.28. The first-order valence-electron chi connectivity index (χ1n) is 7.13. The molecule has 106 valence electrons.